The molecule has 2 heterocycles. The number of amides is 2. The summed E-state index contributed by atoms with van der Waals surface area (Å²) in [6, 6.07) is 5.55. The lowest BCUT2D eigenvalue weighted by Crippen LogP contribution is -2.34. The highest BCUT2D eigenvalue weighted by Crippen LogP contribution is 2.37. The summed E-state index contributed by atoms with van der Waals surface area (Å²) in [5.41, 5.74) is 0.815. The van der Waals surface area contributed by atoms with Crippen molar-refractivity contribution < 1.29 is 41.0 Å². The maximum absolute atomic E-state index is 12.8. The van der Waals surface area contributed by atoms with Gasteiger partial charge in [0.1, 0.15) is 25.0 Å². The number of rotatable bonds is 10. The van der Waals surface area contributed by atoms with Gasteiger partial charge in [-0.15, -0.1) is 0 Å². The van der Waals surface area contributed by atoms with E-state index in [2.05, 4.69) is 15.6 Å². The highest BCUT2D eigenvalue weighted by Gasteiger charge is 2.29. The number of aromatic nitrogens is 2. The summed E-state index contributed by atoms with van der Waals surface area (Å²) in [5, 5.41) is 7.85. The number of fused-ring (bicyclic) bond motifs is 1. The number of hydrogen-bond donors (Lipinski definition) is 3. The summed E-state index contributed by atoms with van der Waals surface area (Å²) in [4.78, 5) is 29.2. The van der Waals surface area contributed by atoms with Gasteiger partial charge in [0, 0.05) is 26.3 Å². The largest absolute Gasteiger partial charge is 0.487 e. The molecule has 1 aliphatic heterocycles. The van der Waals surface area contributed by atoms with Gasteiger partial charge in [-0.3, -0.25) is 9.59 Å². The number of benzene rings is 2. The Bertz CT molecular complexity index is 1440. The van der Waals surface area contributed by atoms with Gasteiger partial charge in [-0.05, 0) is 30.5 Å². The van der Waals surface area contributed by atoms with E-state index < -0.39 is 43.3 Å². The van der Waals surface area contributed by atoms with Crippen LogP contribution in [0.25, 0.3) is 11.0 Å². The fourth-order valence-electron chi connectivity index (χ4n) is 4.10. The Labute approximate surface area is 240 Å². The highest BCUT2D eigenvalue weighted by molar-refractivity contribution is 6.39. The summed E-state index contributed by atoms with van der Waals surface area (Å²) >= 11 is 13.0. The Morgan fingerprint density at radius 1 is 1.22 bits per heavy atom. The van der Waals surface area contributed by atoms with Crippen LogP contribution in [0.3, 0.4) is 0 Å². The van der Waals surface area contributed by atoms with Crippen LogP contribution < -0.4 is 20.7 Å². The van der Waals surface area contributed by atoms with E-state index in [9.17, 15) is 31.5 Å². The number of carbonyl (C=O) groups excluding carboxylic acids is 2. The maximum Gasteiger partial charge on any atom is 0.405 e. The standard InChI is InChI=1S/C25H24Cl2F5N5O4/c1-37-16-8-18(41-10-19(28)29)13(22(38)34-11-25(30,31)32)7-15(16)35-24(37)36-21-14(26)5-4-12(20(21)27)9-33-23(39)17-3-2-6-40-17/h4-5,7-8,17,19H,2-3,6,9-11H2,1H3,(H,33,39)(H,34,38)(H,35,36). The normalized spacial score (nSPS) is 15.4. The number of alkyl halides is 5. The van der Waals surface area contributed by atoms with Crippen molar-refractivity contribution in [2.75, 3.05) is 25.1 Å². The van der Waals surface area contributed by atoms with Gasteiger partial charge >= 0.3 is 6.18 Å². The molecule has 3 N–H and O–H groups in total. The molecule has 41 heavy (non-hydrogen) atoms. The fourth-order valence-corrected chi connectivity index (χ4v) is 4.63. The van der Waals surface area contributed by atoms with Crippen LogP contribution in [0.1, 0.15) is 28.8 Å². The van der Waals surface area contributed by atoms with Gasteiger partial charge in [0.15, 0.2) is 0 Å². The van der Waals surface area contributed by atoms with Crippen molar-refractivity contribution in [3.05, 3.63) is 45.4 Å². The van der Waals surface area contributed by atoms with Gasteiger partial charge in [-0.2, -0.15) is 13.2 Å². The minimum atomic E-state index is -4.69. The zero-order valence-corrected chi connectivity index (χ0v) is 22.9. The maximum atomic E-state index is 12.8. The molecule has 4 rings (SSSR count). The van der Waals surface area contributed by atoms with Gasteiger partial charge in [0.2, 0.25) is 11.9 Å². The number of hydrogen-bond acceptors (Lipinski definition) is 6. The molecule has 1 unspecified atom stereocenters. The molecule has 16 heteroatoms. The molecule has 0 spiro atoms. The lowest BCUT2D eigenvalue weighted by atomic mass is 10.1. The van der Waals surface area contributed by atoms with Gasteiger partial charge < -0.3 is 30.0 Å². The summed E-state index contributed by atoms with van der Waals surface area (Å²) in [6.07, 6.45) is -6.68. The molecule has 0 radical (unpaired) electrons. The monoisotopic (exact) mass is 623 g/mol. The van der Waals surface area contributed by atoms with Crippen LogP contribution in [0.4, 0.5) is 33.6 Å². The van der Waals surface area contributed by atoms with E-state index in [0.717, 1.165) is 12.5 Å². The second-order valence-electron chi connectivity index (χ2n) is 9.07. The predicted molar refractivity (Wildman–Crippen MR) is 141 cm³/mol. The van der Waals surface area contributed by atoms with Crippen LogP contribution in [0, 0.1) is 0 Å². The predicted octanol–water partition coefficient (Wildman–Crippen LogP) is 5.35. The van der Waals surface area contributed by atoms with Crippen molar-refractivity contribution in [1.82, 2.24) is 20.2 Å². The Hall–Kier alpha value is -3.36. The molecule has 0 bridgehead atoms. The number of imidazole rings is 1. The number of carbonyl (C=O) groups is 2. The molecule has 1 fully saturated rings. The molecule has 2 aromatic carbocycles. The number of halogens is 7. The minimum Gasteiger partial charge on any atom is -0.487 e. The van der Waals surface area contributed by atoms with E-state index >= 15 is 0 Å². The lowest BCUT2D eigenvalue weighted by molar-refractivity contribution is -0.130. The average molecular weight is 624 g/mol. The lowest BCUT2D eigenvalue weighted by Gasteiger charge is -2.15. The second-order valence-corrected chi connectivity index (χ2v) is 9.86. The minimum absolute atomic E-state index is 0.0904. The smallest absolute Gasteiger partial charge is 0.405 e. The summed E-state index contributed by atoms with van der Waals surface area (Å²) in [5.74, 6) is -1.65. The first-order valence-electron chi connectivity index (χ1n) is 12.2. The molecule has 0 saturated carbocycles. The molecule has 3 aromatic rings. The molecule has 0 aliphatic carbocycles. The third-order valence-electron chi connectivity index (χ3n) is 6.12. The van der Waals surface area contributed by atoms with Crippen molar-refractivity contribution >= 4 is 57.7 Å². The van der Waals surface area contributed by atoms with Gasteiger partial charge in [0.25, 0.3) is 12.3 Å². The molecular weight excluding hydrogens is 600 g/mol. The van der Waals surface area contributed by atoms with E-state index in [1.165, 1.54) is 10.6 Å². The molecule has 1 aromatic heterocycles. The first kappa shape index (κ1) is 30.6. The van der Waals surface area contributed by atoms with Crippen LogP contribution >= 0.6 is 23.2 Å². The second kappa shape index (κ2) is 12.7. The van der Waals surface area contributed by atoms with E-state index in [1.807, 2.05) is 0 Å². The Kier molecular flexibility index (Phi) is 9.44. The van der Waals surface area contributed by atoms with E-state index in [4.69, 9.17) is 32.7 Å². The number of nitrogens with one attached hydrogen (secondary N) is 3. The third kappa shape index (κ3) is 7.49. The van der Waals surface area contributed by atoms with Crippen molar-refractivity contribution in [1.29, 1.82) is 0 Å². The average Bonchev–Trinajstić information content (AvgIpc) is 3.55. The molecular formula is C25H24Cl2F5N5O4. The molecule has 1 saturated heterocycles. The Balaban J connectivity index is 1.62. The fraction of sp³-hybridized carbons (Fsp3) is 0.400. The van der Waals surface area contributed by atoms with Crippen molar-refractivity contribution in [2.45, 2.75) is 38.1 Å². The quantitative estimate of drug-likeness (QED) is 0.263. The SMILES string of the molecule is Cn1c(Nc2c(Cl)ccc(CNC(=O)C3CCCO3)c2Cl)nc2cc(C(=O)NCC(F)(F)F)c(OCC(F)F)cc21. The van der Waals surface area contributed by atoms with Gasteiger partial charge in [0.05, 0.1) is 32.3 Å². The van der Waals surface area contributed by atoms with Crippen molar-refractivity contribution in [3.8, 4) is 5.75 Å². The first-order chi connectivity index (χ1) is 19.3. The Morgan fingerprint density at radius 3 is 2.63 bits per heavy atom. The van der Waals surface area contributed by atoms with Crippen LogP contribution in [0.2, 0.25) is 10.0 Å². The van der Waals surface area contributed by atoms with Crippen LogP contribution in [-0.2, 0) is 23.1 Å². The zero-order valence-electron chi connectivity index (χ0n) is 21.4. The Morgan fingerprint density at radius 2 is 1.98 bits per heavy atom. The summed E-state index contributed by atoms with van der Waals surface area (Å²) in [6.45, 7) is -2.11. The van der Waals surface area contributed by atoms with E-state index in [-0.39, 0.29) is 45.4 Å². The topological polar surface area (TPSA) is 107 Å². The van der Waals surface area contributed by atoms with Crippen molar-refractivity contribution in [3.63, 3.8) is 0 Å². The van der Waals surface area contributed by atoms with Crippen LogP contribution in [-0.4, -0.2) is 59.8 Å². The molecule has 222 valence electrons. The summed E-state index contributed by atoms with van der Waals surface area (Å²) in [7, 11) is 1.56. The highest BCUT2D eigenvalue weighted by atomic mass is 35.5. The van der Waals surface area contributed by atoms with E-state index in [1.54, 1.807) is 24.5 Å². The molecule has 1 aliphatic rings. The van der Waals surface area contributed by atoms with Crippen molar-refractivity contribution in [2.24, 2.45) is 7.05 Å². The van der Waals surface area contributed by atoms with Gasteiger partial charge in [-0.1, -0.05) is 29.3 Å². The molecule has 1 atom stereocenters. The first-order valence-corrected chi connectivity index (χ1v) is 13.0. The molecule has 2 amide bonds. The number of anilines is 2. The van der Waals surface area contributed by atoms with E-state index in [0.29, 0.717) is 24.1 Å². The van der Waals surface area contributed by atoms with Crippen LogP contribution in [0.15, 0.2) is 24.3 Å². The van der Waals surface area contributed by atoms with Crippen LogP contribution in [0.5, 0.6) is 5.75 Å². The summed E-state index contributed by atoms with van der Waals surface area (Å²) < 4.78 is 75.5. The number of aryl methyl sites for hydroxylation is 1. The molecule has 9 nitrogen and oxygen atoms in total. The third-order valence-corrected chi connectivity index (χ3v) is 6.87. The number of ether oxygens (including phenoxy) is 2. The number of nitrogens with zero attached hydrogens (tertiary/aromatic N) is 2. The van der Waals surface area contributed by atoms with Gasteiger partial charge in [-0.25, -0.2) is 13.8 Å². The zero-order chi connectivity index (χ0) is 29.9.